The summed E-state index contributed by atoms with van der Waals surface area (Å²) in [6, 6.07) is 14.3. The number of methoxy groups -OCH3 is 1. The van der Waals surface area contributed by atoms with Crippen LogP contribution in [0.25, 0.3) is 11.6 Å². The van der Waals surface area contributed by atoms with Gasteiger partial charge >= 0.3 is 5.97 Å². The Kier molecular flexibility index (Phi) is 6.22. The maximum Gasteiger partial charge on any atom is 0.341 e. The lowest BCUT2D eigenvalue weighted by atomic mass is 10.1. The zero-order valence-corrected chi connectivity index (χ0v) is 15.8. The molecular weight excluding hydrogens is 359 g/mol. The number of benzene rings is 2. The van der Waals surface area contributed by atoms with Gasteiger partial charge in [0.25, 0.3) is 0 Å². The van der Waals surface area contributed by atoms with Crippen molar-refractivity contribution in [2.45, 2.75) is 13.5 Å². The molecule has 0 saturated heterocycles. The zero-order valence-electron chi connectivity index (χ0n) is 15.8. The number of carbonyl (C=O) groups excluding carboxylic acids is 1. The number of hydrogen-bond acceptors (Lipinski definition) is 4. The number of esters is 1. The monoisotopic (exact) mass is 380 g/mol. The van der Waals surface area contributed by atoms with Crippen molar-refractivity contribution in [1.82, 2.24) is 9.55 Å². The molecule has 28 heavy (non-hydrogen) atoms. The summed E-state index contributed by atoms with van der Waals surface area (Å²) >= 11 is 0. The van der Waals surface area contributed by atoms with Crippen molar-refractivity contribution in [3.63, 3.8) is 0 Å². The molecule has 0 fully saturated rings. The average molecular weight is 380 g/mol. The Labute approximate surface area is 163 Å². The van der Waals surface area contributed by atoms with E-state index in [9.17, 15) is 9.18 Å². The molecule has 144 valence electrons. The number of ether oxygens (including phenoxy) is 2. The van der Waals surface area contributed by atoms with Gasteiger partial charge in [0.1, 0.15) is 11.4 Å². The summed E-state index contributed by atoms with van der Waals surface area (Å²) in [5, 5.41) is 0. The summed E-state index contributed by atoms with van der Waals surface area (Å²) in [7, 11) is 1.40. The van der Waals surface area contributed by atoms with Gasteiger partial charge in [-0.25, -0.2) is 14.2 Å². The zero-order chi connectivity index (χ0) is 19.9. The Balaban J connectivity index is 2.01. The SMILES string of the molecule is CCOC(=O)/C(=C/c1ccc(OC)c(F)c1)c1nccn1Cc1ccccc1. The van der Waals surface area contributed by atoms with Gasteiger partial charge in [-0.15, -0.1) is 0 Å². The molecule has 3 rings (SSSR count). The molecule has 6 heteroatoms. The standard InChI is InChI=1S/C22H21FN2O3/c1-3-28-22(26)18(13-17-9-10-20(27-2)19(23)14-17)21-24-11-12-25(21)15-16-7-5-4-6-8-16/h4-14H,3,15H2,1-2H3/b18-13+. The molecule has 0 atom stereocenters. The van der Waals surface area contributed by atoms with Crippen LogP contribution in [-0.4, -0.2) is 29.2 Å². The molecule has 5 nitrogen and oxygen atoms in total. The van der Waals surface area contributed by atoms with Gasteiger partial charge in [-0.2, -0.15) is 0 Å². The largest absolute Gasteiger partial charge is 0.494 e. The van der Waals surface area contributed by atoms with E-state index >= 15 is 0 Å². The molecule has 3 aromatic rings. The summed E-state index contributed by atoms with van der Waals surface area (Å²) in [4.78, 5) is 16.9. The van der Waals surface area contributed by atoms with Crippen molar-refractivity contribution in [3.8, 4) is 5.75 Å². The van der Waals surface area contributed by atoms with E-state index in [2.05, 4.69) is 4.98 Å². The highest BCUT2D eigenvalue weighted by molar-refractivity contribution is 6.20. The van der Waals surface area contributed by atoms with Crippen LogP contribution in [0.2, 0.25) is 0 Å². The van der Waals surface area contributed by atoms with E-state index < -0.39 is 11.8 Å². The minimum absolute atomic E-state index is 0.139. The minimum Gasteiger partial charge on any atom is -0.494 e. The summed E-state index contributed by atoms with van der Waals surface area (Å²) in [6.45, 7) is 2.51. The van der Waals surface area contributed by atoms with Gasteiger partial charge in [-0.05, 0) is 36.3 Å². The smallest absolute Gasteiger partial charge is 0.341 e. The first-order valence-electron chi connectivity index (χ1n) is 8.90. The van der Waals surface area contributed by atoms with E-state index in [4.69, 9.17) is 9.47 Å². The third-order valence-corrected chi connectivity index (χ3v) is 4.13. The van der Waals surface area contributed by atoms with Crippen LogP contribution in [0.3, 0.4) is 0 Å². The third kappa shape index (κ3) is 4.46. The normalized spacial score (nSPS) is 11.3. The lowest BCUT2D eigenvalue weighted by molar-refractivity contribution is -0.136. The first-order chi connectivity index (χ1) is 13.6. The molecule has 0 aliphatic rings. The molecular formula is C22H21FN2O3. The van der Waals surface area contributed by atoms with E-state index in [0.29, 0.717) is 17.9 Å². The summed E-state index contributed by atoms with van der Waals surface area (Å²) in [6.07, 6.45) is 4.99. The molecule has 0 bridgehead atoms. The van der Waals surface area contributed by atoms with E-state index in [1.807, 2.05) is 34.9 Å². The van der Waals surface area contributed by atoms with Crippen LogP contribution in [0.15, 0.2) is 60.9 Å². The second kappa shape index (κ2) is 8.99. The Morgan fingerprint density at radius 1 is 1.21 bits per heavy atom. The molecule has 0 aliphatic carbocycles. The van der Waals surface area contributed by atoms with Gasteiger partial charge in [0.2, 0.25) is 0 Å². The number of imidazole rings is 1. The first-order valence-corrected chi connectivity index (χ1v) is 8.90. The van der Waals surface area contributed by atoms with Crippen molar-refractivity contribution in [2.24, 2.45) is 0 Å². The molecule has 0 amide bonds. The summed E-state index contributed by atoms with van der Waals surface area (Å²) in [5.41, 5.74) is 1.84. The number of halogens is 1. The fourth-order valence-corrected chi connectivity index (χ4v) is 2.82. The third-order valence-electron chi connectivity index (χ3n) is 4.13. The van der Waals surface area contributed by atoms with Crippen molar-refractivity contribution in [2.75, 3.05) is 13.7 Å². The topological polar surface area (TPSA) is 53.4 Å². The number of nitrogens with zero attached hydrogens (tertiary/aromatic N) is 2. The number of rotatable bonds is 7. The van der Waals surface area contributed by atoms with Crippen LogP contribution in [0.5, 0.6) is 5.75 Å². The highest BCUT2D eigenvalue weighted by Crippen LogP contribution is 2.23. The fourth-order valence-electron chi connectivity index (χ4n) is 2.82. The van der Waals surface area contributed by atoms with Crippen LogP contribution in [0.1, 0.15) is 23.9 Å². The van der Waals surface area contributed by atoms with Gasteiger partial charge < -0.3 is 14.0 Å². The molecule has 1 aromatic heterocycles. The molecule has 0 saturated carbocycles. The van der Waals surface area contributed by atoms with E-state index in [1.165, 1.54) is 19.2 Å². The van der Waals surface area contributed by atoms with Crippen molar-refractivity contribution in [1.29, 1.82) is 0 Å². The minimum atomic E-state index is -0.515. The molecule has 0 radical (unpaired) electrons. The second-order valence-corrected chi connectivity index (χ2v) is 6.04. The van der Waals surface area contributed by atoms with Crippen molar-refractivity contribution >= 4 is 17.6 Å². The van der Waals surface area contributed by atoms with Gasteiger partial charge in [-0.3, -0.25) is 0 Å². The molecule has 0 spiro atoms. The summed E-state index contributed by atoms with van der Waals surface area (Å²) < 4.78 is 26.1. The second-order valence-electron chi connectivity index (χ2n) is 6.04. The molecule has 2 aromatic carbocycles. The maximum atomic E-state index is 14.1. The van der Waals surface area contributed by atoms with Gasteiger partial charge in [0, 0.05) is 18.9 Å². The van der Waals surface area contributed by atoms with Crippen LogP contribution < -0.4 is 4.74 Å². The van der Waals surface area contributed by atoms with Crippen LogP contribution in [0, 0.1) is 5.82 Å². The first kappa shape index (κ1) is 19.4. The number of hydrogen-bond donors (Lipinski definition) is 0. The number of carbonyl (C=O) groups is 1. The van der Waals surface area contributed by atoms with Crippen molar-refractivity contribution in [3.05, 3.63) is 83.7 Å². The van der Waals surface area contributed by atoms with Crippen LogP contribution >= 0.6 is 0 Å². The predicted octanol–water partition coefficient (Wildman–Crippen LogP) is 4.18. The van der Waals surface area contributed by atoms with Gasteiger partial charge in [0.15, 0.2) is 11.6 Å². The lowest BCUT2D eigenvalue weighted by Gasteiger charge is -2.11. The van der Waals surface area contributed by atoms with Crippen LogP contribution in [-0.2, 0) is 16.1 Å². The highest BCUT2D eigenvalue weighted by atomic mass is 19.1. The van der Waals surface area contributed by atoms with Crippen LogP contribution in [0.4, 0.5) is 4.39 Å². The fraction of sp³-hybridized carbons (Fsp3) is 0.182. The quantitative estimate of drug-likeness (QED) is 0.456. The maximum absolute atomic E-state index is 14.1. The number of aromatic nitrogens is 2. The molecule has 0 unspecified atom stereocenters. The Morgan fingerprint density at radius 3 is 2.68 bits per heavy atom. The molecule has 0 aliphatic heterocycles. The van der Waals surface area contributed by atoms with Gasteiger partial charge in [0.05, 0.1) is 13.7 Å². The van der Waals surface area contributed by atoms with E-state index in [1.54, 1.807) is 31.5 Å². The molecule has 0 N–H and O–H groups in total. The lowest BCUT2D eigenvalue weighted by Crippen LogP contribution is -2.12. The Morgan fingerprint density at radius 2 is 2.00 bits per heavy atom. The highest BCUT2D eigenvalue weighted by Gasteiger charge is 2.19. The Hall–Kier alpha value is -3.41. The molecule has 1 heterocycles. The van der Waals surface area contributed by atoms with E-state index in [-0.39, 0.29) is 17.9 Å². The van der Waals surface area contributed by atoms with Gasteiger partial charge in [-0.1, -0.05) is 36.4 Å². The van der Waals surface area contributed by atoms with Crippen molar-refractivity contribution < 1.29 is 18.7 Å². The Bertz CT molecular complexity index is 980. The van der Waals surface area contributed by atoms with E-state index in [0.717, 1.165) is 5.56 Å². The average Bonchev–Trinajstić information content (AvgIpc) is 3.15. The summed E-state index contributed by atoms with van der Waals surface area (Å²) in [5.74, 6) is -0.426. The predicted molar refractivity (Wildman–Crippen MR) is 105 cm³/mol.